The number of nitrogens with one attached hydrogen (secondary N) is 1. The van der Waals surface area contributed by atoms with Crippen molar-refractivity contribution in [1.29, 1.82) is 0 Å². The summed E-state index contributed by atoms with van der Waals surface area (Å²) in [5.41, 5.74) is 0.319. The second-order valence-electron chi connectivity index (χ2n) is 13.0. The van der Waals surface area contributed by atoms with E-state index in [4.69, 9.17) is 21.3 Å². The maximum absolute atomic E-state index is 14.3. The summed E-state index contributed by atoms with van der Waals surface area (Å²) in [6.07, 6.45) is 1.57. The average molecular weight is 727 g/mol. The van der Waals surface area contributed by atoms with E-state index in [0.717, 1.165) is 36.6 Å². The van der Waals surface area contributed by atoms with Crippen molar-refractivity contribution in [2.75, 3.05) is 49.6 Å². The van der Waals surface area contributed by atoms with Gasteiger partial charge < -0.3 is 29.5 Å². The van der Waals surface area contributed by atoms with Gasteiger partial charge in [-0.1, -0.05) is 24.6 Å². The molecule has 13 nitrogen and oxygen atoms in total. The molecule has 17 heteroatoms. The van der Waals surface area contributed by atoms with Crippen LogP contribution in [-0.2, 0) is 28.7 Å². The fourth-order valence-electron chi connectivity index (χ4n) is 6.84. The van der Waals surface area contributed by atoms with Crippen molar-refractivity contribution in [3.8, 4) is 5.75 Å². The Hall–Kier alpha value is -4.96. The number of halogens is 4. The lowest BCUT2D eigenvalue weighted by molar-refractivity contribution is -0.137. The predicted molar refractivity (Wildman–Crippen MR) is 181 cm³/mol. The zero-order chi connectivity index (χ0) is 36.1. The molecular formula is C34H34ClF3N8O5. The van der Waals surface area contributed by atoms with Gasteiger partial charge in [0.2, 0.25) is 11.7 Å². The average Bonchev–Trinajstić information content (AvgIpc) is 3.55. The first-order chi connectivity index (χ1) is 24.4. The molecule has 0 bridgehead atoms. The van der Waals surface area contributed by atoms with Crippen LogP contribution in [0.2, 0.25) is 5.02 Å². The number of anilines is 2. The van der Waals surface area contributed by atoms with Gasteiger partial charge in [0.1, 0.15) is 18.0 Å². The van der Waals surface area contributed by atoms with Crippen LogP contribution in [0.15, 0.2) is 47.4 Å². The summed E-state index contributed by atoms with van der Waals surface area (Å²) in [6.45, 7) is 3.85. The van der Waals surface area contributed by atoms with Gasteiger partial charge in [0.05, 0.1) is 35.2 Å². The molecule has 0 unspecified atom stereocenters. The number of carbonyl (C=O) groups is 2. The molecule has 3 aliphatic rings. The molecule has 2 N–H and O–H groups in total. The molecule has 2 amide bonds. The Morgan fingerprint density at radius 2 is 1.90 bits per heavy atom. The maximum atomic E-state index is 14.3. The molecule has 1 aliphatic carbocycles. The fourth-order valence-corrected chi connectivity index (χ4v) is 7.06. The van der Waals surface area contributed by atoms with Crippen LogP contribution >= 0.6 is 11.6 Å². The van der Waals surface area contributed by atoms with Crippen LogP contribution in [0, 0.1) is 5.41 Å². The second kappa shape index (κ2) is 13.3. The van der Waals surface area contributed by atoms with Gasteiger partial charge in [-0.05, 0) is 61.6 Å². The summed E-state index contributed by atoms with van der Waals surface area (Å²) >= 11 is 6.13. The number of amides is 2. The molecule has 268 valence electrons. The van der Waals surface area contributed by atoms with Gasteiger partial charge in [-0.15, -0.1) is 5.10 Å². The Morgan fingerprint density at radius 3 is 2.51 bits per heavy atom. The fraction of sp³-hybridized carbons (Fsp3) is 0.412. The summed E-state index contributed by atoms with van der Waals surface area (Å²) in [4.78, 5) is 53.1. The Morgan fingerprint density at radius 1 is 1.14 bits per heavy atom. The monoisotopic (exact) mass is 726 g/mol. The number of alkyl halides is 3. The van der Waals surface area contributed by atoms with E-state index in [-0.39, 0.29) is 71.8 Å². The second-order valence-corrected chi connectivity index (χ2v) is 13.4. The molecule has 0 atom stereocenters. The summed E-state index contributed by atoms with van der Waals surface area (Å²) in [7, 11) is 0. The van der Waals surface area contributed by atoms with Gasteiger partial charge in [0.25, 0.3) is 11.5 Å². The number of nitrogens with zero attached hydrogens (tertiary/aromatic N) is 7. The molecular weight excluding hydrogens is 693 g/mol. The number of pyridine rings is 1. The zero-order valence-corrected chi connectivity index (χ0v) is 28.3. The van der Waals surface area contributed by atoms with E-state index in [1.807, 2.05) is 11.8 Å². The maximum Gasteiger partial charge on any atom is 0.416 e. The Bertz CT molecular complexity index is 2120. The highest BCUT2D eigenvalue weighted by Gasteiger charge is 2.40. The number of ether oxygens (including phenoxy) is 1. The first-order valence-corrected chi connectivity index (χ1v) is 16.9. The third-order valence-corrected chi connectivity index (χ3v) is 10.0. The van der Waals surface area contributed by atoms with E-state index < -0.39 is 29.1 Å². The standard InChI is InChI=1S/C34H34ClF3N8O5/c1-2-24-28(43-12-14-44(15-13-43)30(49)27-25(47)4-3-11-39-27)31(50)46-32(41-29(42-46)20-7-9-33(10-8-20)18-51-19-33)45(24)17-26(48)40-23-6-5-21(16-22(23)35)34(36,37)38/h3-7,11,16,47H,2,8-10,12-15,17-19H2,1H3,(H,40,48). The molecule has 1 aromatic carbocycles. The zero-order valence-electron chi connectivity index (χ0n) is 27.5. The summed E-state index contributed by atoms with van der Waals surface area (Å²) in [5.74, 6) is -0.772. The molecule has 3 aromatic heterocycles. The minimum atomic E-state index is -4.61. The number of carbonyl (C=O) groups excluding carboxylic acids is 2. The van der Waals surface area contributed by atoms with E-state index in [0.29, 0.717) is 37.6 Å². The minimum Gasteiger partial charge on any atom is -0.505 e. The van der Waals surface area contributed by atoms with Gasteiger partial charge in [-0.2, -0.15) is 22.7 Å². The topological polar surface area (TPSA) is 147 Å². The number of aromatic nitrogens is 5. The highest BCUT2D eigenvalue weighted by atomic mass is 35.5. The normalized spacial score (nSPS) is 17.4. The van der Waals surface area contributed by atoms with Gasteiger partial charge in [0.15, 0.2) is 11.5 Å². The molecule has 1 spiro atoms. The molecule has 0 saturated carbocycles. The Labute approximate surface area is 294 Å². The minimum absolute atomic E-state index is 0.00634. The van der Waals surface area contributed by atoms with Crippen LogP contribution in [0.25, 0.3) is 11.4 Å². The first-order valence-electron chi connectivity index (χ1n) is 16.5. The van der Waals surface area contributed by atoms with Crippen LogP contribution in [0.4, 0.5) is 24.5 Å². The number of piperazine rings is 1. The van der Waals surface area contributed by atoms with E-state index in [9.17, 15) is 32.7 Å². The summed E-state index contributed by atoms with van der Waals surface area (Å²) in [6, 6.07) is 5.57. The summed E-state index contributed by atoms with van der Waals surface area (Å²) < 4.78 is 47.9. The van der Waals surface area contributed by atoms with Crippen LogP contribution in [-0.4, -0.2) is 85.4 Å². The number of benzene rings is 1. The number of aromatic hydroxyl groups is 1. The van der Waals surface area contributed by atoms with Crippen molar-refractivity contribution < 1.29 is 32.6 Å². The first kappa shape index (κ1) is 34.5. The number of hydrogen-bond donors (Lipinski definition) is 2. The number of hydrogen-bond acceptors (Lipinski definition) is 9. The third-order valence-electron chi connectivity index (χ3n) is 9.71. The van der Waals surface area contributed by atoms with E-state index in [1.165, 1.54) is 22.8 Å². The van der Waals surface area contributed by atoms with Gasteiger partial charge in [-0.3, -0.25) is 14.4 Å². The van der Waals surface area contributed by atoms with Crippen molar-refractivity contribution in [3.63, 3.8) is 0 Å². The van der Waals surface area contributed by atoms with Crippen LogP contribution in [0.1, 0.15) is 53.8 Å². The van der Waals surface area contributed by atoms with Gasteiger partial charge >= 0.3 is 6.18 Å². The quantitative estimate of drug-likeness (QED) is 0.283. The highest BCUT2D eigenvalue weighted by molar-refractivity contribution is 6.33. The number of allylic oxidation sites excluding steroid dienone is 2. The van der Waals surface area contributed by atoms with E-state index in [1.54, 1.807) is 9.47 Å². The highest BCUT2D eigenvalue weighted by Crippen LogP contribution is 2.43. The van der Waals surface area contributed by atoms with Crippen molar-refractivity contribution >= 4 is 46.1 Å². The SMILES string of the molecule is CCc1c(N2CCN(C(=O)c3ncccc3O)CC2)c(=O)n2nc(C3=CCC4(CC3)COC4)nc2n1CC(=O)Nc1ccc(C(F)(F)F)cc1Cl. The lowest BCUT2D eigenvalue weighted by Gasteiger charge is -2.43. The molecule has 4 aromatic rings. The van der Waals surface area contributed by atoms with Crippen molar-refractivity contribution in [2.24, 2.45) is 5.41 Å². The van der Waals surface area contributed by atoms with Gasteiger partial charge in [0, 0.05) is 37.8 Å². The van der Waals surface area contributed by atoms with Crippen molar-refractivity contribution in [3.05, 3.63) is 80.8 Å². The molecule has 7 rings (SSSR count). The van der Waals surface area contributed by atoms with Crippen LogP contribution in [0.5, 0.6) is 5.75 Å². The molecule has 51 heavy (non-hydrogen) atoms. The van der Waals surface area contributed by atoms with Crippen molar-refractivity contribution in [1.82, 2.24) is 29.0 Å². The van der Waals surface area contributed by atoms with Gasteiger partial charge in [-0.25, -0.2) is 4.98 Å². The molecule has 2 aliphatic heterocycles. The van der Waals surface area contributed by atoms with Crippen LogP contribution in [0.3, 0.4) is 0 Å². The number of fused-ring (bicyclic) bond motifs is 1. The van der Waals surface area contributed by atoms with E-state index >= 15 is 0 Å². The molecule has 2 saturated heterocycles. The largest absolute Gasteiger partial charge is 0.505 e. The van der Waals surface area contributed by atoms with Crippen molar-refractivity contribution in [2.45, 2.75) is 45.3 Å². The molecule has 0 radical (unpaired) electrons. The third kappa shape index (κ3) is 6.53. The Balaban J connectivity index is 1.23. The Kier molecular flexibility index (Phi) is 8.99. The lowest BCUT2D eigenvalue weighted by Crippen LogP contribution is -2.51. The lowest BCUT2D eigenvalue weighted by atomic mass is 9.73. The van der Waals surface area contributed by atoms with E-state index in [2.05, 4.69) is 21.5 Å². The van der Waals surface area contributed by atoms with Crippen LogP contribution < -0.4 is 15.8 Å². The molecule has 2 fully saturated rings. The smallest absolute Gasteiger partial charge is 0.416 e. The summed E-state index contributed by atoms with van der Waals surface area (Å²) in [5, 5.41) is 17.1. The molecule has 5 heterocycles. The predicted octanol–water partition coefficient (Wildman–Crippen LogP) is 4.41. The number of rotatable bonds is 7.